The lowest BCUT2D eigenvalue weighted by molar-refractivity contribution is 0.112. The van der Waals surface area contributed by atoms with Crippen LogP contribution in [0.3, 0.4) is 0 Å². The number of rotatable bonds is 3. The minimum Gasteiger partial charge on any atom is -0.456 e. The summed E-state index contributed by atoms with van der Waals surface area (Å²) in [4.78, 5) is 10.9. The van der Waals surface area contributed by atoms with Gasteiger partial charge in [0, 0.05) is 6.07 Å². The summed E-state index contributed by atoms with van der Waals surface area (Å²) >= 11 is 0. The summed E-state index contributed by atoms with van der Waals surface area (Å²) in [6.45, 7) is 0.176. The molecular weight excluding hydrogens is 251 g/mol. The molecule has 1 aliphatic rings. The third-order valence-electron chi connectivity index (χ3n) is 2.67. The lowest BCUT2D eigenvalue weighted by atomic mass is 10.2. The van der Waals surface area contributed by atoms with Crippen LogP contribution in [-0.4, -0.2) is 13.1 Å². The minimum absolute atomic E-state index is 0.151. The van der Waals surface area contributed by atoms with Gasteiger partial charge in [-0.2, -0.15) is 0 Å². The molecule has 96 valence electrons. The van der Waals surface area contributed by atoms with Gasteiger partial charge >= 0.3 is 0 Å². The van der Waals surface area contributed by atoms with Crippen LogP contribution < -0.4 is 14.2 Å². The second-order valence-corrected chi connectivity index (χ2v) is 3.92. The van der Waals surface area contributed by atoms with Gasteiger partial charge in [-0.25, -0.2) is 4.39 Å². The largest absolute Gasteiger partial charge is 0.456 e. The topological polar surface area (TPSA) is 44.8 Å². The van der Waals surface area contributed by atoms with Crippen molar-refractivity contribution in [3.63, 3.8) is 0 Å². The van der Waals surface area contributed by atoms with Gasteiger partial charge in [0.1, 0.15) is 17.3 Å². The van der Waals surface area contributed by atoms with Crippen LogP contribution in [0.5, 0.6) is 23.0 Å². The van der Waals surface area contributed by atoms with E-state index in [1.54, 1.807) is 18.2 Å². The normalized spacial score (nSPS) is 12.3. The minimum atomic E-state index is -0.486. The Kier molecular flexibility index (Phi) is 2.79. The molecule has 1 aliphatic heterocycles. The highest BCUT2D eigenvalue weighted by atomic mass is 19.1. The molecule has 0 aliphatic carbocycles. The summed E-state index contributed by atoms with van der Waals surface area (Å²) in [6, 6.07) is 8.81. The Morgan fingerprint density at radius 2 is 1.95 bits per heavy atom. The second-order valence-electron chi connectivity index (χ2n) is 3.92. The molecule has 3 rings (SSSR count). The summed E-state index contributed by atoms with van der Waals surface area (Å²) in [5.74, 6) is 1.50. The number of halogens is 1. The fourth-order valence-corrected chi connectivity index (χ4v) is 1.77. The molecule has 4 nitrogen and oxygen atoms in total. The third-order valence-corrected chi connectivity index (χ3v) is 2.67. The Bertz CT molecular complexity index is 639. The Labute approximate surface area is 108 Å². The standard InChI is InChI=1S/C14H9FO4/c15-10-1-3-12(9(5-10)7-16)19-11-2-4-13-14(6-11)18-8-17-13/h1-7H,8H2. The fourth-order valence-electron chi connectivity index (χ4n) is 1.77. The second kappa shape index (κ2) is 4.61. The van der Waals surface area contributed by atoms with Crippen LogP contribution in [0.1, 0.15) is 10.4 Å². The van der Waals surface area contributed by atoms with Gasteiger partial charge in [-0.05, 0) is 30.3 Å². The number of ether oxygens (including phenoxy) is 3. The molecule has 0 saturated heterocycles. The van der Waals surface area contributed by atoms with E-state index < -0.39 is 5.82 Å². The van der Waals surface area contributed by atoms with Crippen molar-refractivity contribution in [3.8, 4) is 23.0 Å². The number of hydrogen-bond donors (Lipinski definition) is 0. The number of benzene rings is 2. The Morgan fingerprint density at radius 3 is 2.79 bits per heavy atom. The van der Waals surface area contributed by atoms with E-state index >= 15 is 0 Å². The quantitative estimate of drug-likeness (QED) is 0.795. The van der Waals surface area contributed by atoms with Crippen molar-refractivity contribution >= 4 is 6.29 Å². The predicted molar refractivity (Wildman–Crippen MR) is 64.4 cm³/mol. The van der Waals surface area contributed by atoms with Crippen LogP contribution in [0.25, 0.3) is 0 Å². The monoisotopic (exact) mass is 260 g/mol. The SMILES string of the molecule is O=Cc1cc(F)ccc1Oc1ccc2c(c1)OCO2. The summed E-state index contributed by atoms with van der Waals surface area (Å²) < 4.78 is 29.0. The van der Waals surface area contributed by atoms with Crippen molar-refractivity contribution in [2.45, 2.75) is 0 Å². The molecule has 0 spiro atoms. The first-order valence-electron chi connectivity index (χ1n) is 5.58. The third kappa shape index (κ3) is 2.22. The number of fused-ring (bicyclic) bond motifs is 1. The van der Waals surface area contributed by atoms with Crippen LogP contribution in [0.4, 0.5) is 4.39 Å². The van der Waals surface area contributed by atoms with Crippen LogP contribution in [0.15, 0.2) is 36.4 Å². The van der Waals surface area contributed by atoms with Crippen LogP contribution in [0, 0.1) is 5.82 Å². The Morgan fingerprint density at radius 1 is 1.11 bits per heavy atom. The van der Waals surface area contributed by atoms with Crippen molar-refractivity contribution in [2.75, 3.05) is 6.79 Å². The Balaban J connectivity index is 1.91. The van der Waals surface area contributed by atoms with Gasteiger partial charge in [-0.1, -0.05) is 0 Å². The van der Waals surface area contributed by atoms with Crippen molar-refractivity contribution in [2.24, 2.45) is 0 Å². The summed E-state index contributed by atoms with van der Waals surface area (Å²) in [5, 5.41) is 0. The molecule has 0 N–H and O–H groups in total. The van der Waals surface area contributed by atoms with Crippen LogP contribution >= 0.6 is 0 Å². The maximum absolute atomic E-state index is 13.0. The van der Waals surface area contributed by atoms with E-state index in [0.717, 1.165) is 6.07 Å². The molecule has 2 aromatic carbocycles. The van der Waals surface area contributed by atoms with E-state index in [2.05, 4.69) is 0 Å². The molecule has 0 fully saturated rings. The molecule has 2 aromatic rings. The van der Waals surface area contributed by atoms with Gasteiger partial charge in [0.05, 0.1) is 5.56 Å². The number of hydrogen-bond acceptors (Lipinski definition) is 4. The predicted octanol–water partition coefficient (Wildman–Crippen LogP) is 3.16. The lowest BCUT2D eigenvalue weighted by Crippen LogP contribution is -1.93. The van der Waals surface area contributed by atoms with E-state index in [4.69, 9.17) is 14.2 Å². The number of carbonyl (C=O) groups excluding carboxylic acids is 1. The molecule has 0 unspecified atom stereocenters. The van der Waals surface area contributed by atoms with E-state index in [9.17, 15) is 9.18 Å². The highest BCUT2D eigenvalue weighted by Gasteiger charge is 2.14. The van der Waals surface area contributed by atoms with Crippen molar-refractivity contribution in [1.82, 2.24) is 0 Å². The van der Waals surface area contributed by atoms with Gasteiger partial charge in [0.2, 0.25) is 6.79 Å². The molecule has 0 aromatic heterocycles. The smallest absolute Gasteiger partial charge is 0.231 e. The van der Waals surface area contributed by atoms with Gasteiger partial charge in [-0.3, -0.25) is 4.79 Å². The fraction of sp³-hybridized carbons (Fsp3) is 0.0714. The molecular formula is C14H9FO4. The van der Waals surface area contributed by atoms with Crippen LogP contribution in [-0.2, 0) is 0 Å². The molecule has 0 saturated carbocycles. The maximum atomic E-state index is 13.0. The zero-order chi connectivity index (χ0) is 13.2. The zero-order valence-corrected chi connectivity index (χ0v) is 9.76. The Hall–Kier alpha value is -2.56. The average molecular weight is 260 g/mol. The van der Waals surface area contributed by atoms with Gasteiger partial charge in [-0.15, -0.1) is 0 Å². The maximum Gasteiger partial charge on any atom is 0.231 e. The molecule has 0 atom stereocenters. The first-order valence-corrected chi connectivity index (χ1v) is 5.58. The highest BCUT2D eigenvalue weighted by molar-refractivity contribution is 5.79. The molecule has 0 bridgehead atoms. The first-order chi connectivity index (χ1) is 9.26. The van der Waals surface area contributed by atoms with E-state index in [1.165, 1.54) is 12.1 Å². The molecule has 1 heterocycles. The van der Waals surface area contributed by atoms with Crippen LogP contribution in [0.2, 0.25) is 0 Å². The molecule has 5 heteroatoms. The first kappa shape index (κ1) is 11.5. The van der Waals surface area contributed by atoms with Crippen molar-refractivity contribution < 1.29 is 23.4 Å². The molecule has 0 amide bonds. The lowest BCUT2D eigenvalue weighted by Gasteiger charge is -2.08. The summed E-state index contributed by atoms with van der Waals surface area (Å²) in [6.07, 6.45) is 0.547. The van der Waals surface area contributed by atoms with E-state index in [1.807, 2.05) is 0 Å². The van der Waals surface area contributed by atoms with Gasteiger partial charge < -0.3 is 14.2 Å². The van der Waals surface area contributed by atoms with E-state index in [-0.39, 0.29) is 18.1 Å². The number of aldehydes is 1. The summed E-state index contributed by atoms with van der Waals surface area (Å²) in [5.41, 5.74) is 0.151. The highest BCUT2D eigenvalue weighted by Crippen LogP contribution is 2.37. The van der Waals surface area contributed by atoms with Crippen molar-refractivity contribution in [1.29, 1.82) is 0 Å². The van der Waals surface area contributed by atoms with Crippen molar-refractivity contribution in [3.05, 3.63) is 47.8 Å². The van der Waals surface area contributed by atoms with Gasteiger partial charge in [0.25, 0.3) is 0 Å². The zero-order valence-electron chi connectivity index (χ0n) is 9.76. The average Bonchev–Trinajstić information content (AvgIpc) is 2.88. The number of carbonyl (C=O) groups is 1. The van der Waals surface area contributed by atoms with E-state index in [0.29, 0.717) is 23.5 Å². The van der Waals surface area contributed by atoms with Gasteiger partial charge in [0.15, 0.2) is 17.8 Å². The summed E-state index contributed by atoms with van der Waals surface area (Å²) in [7, 11) is 0. The molecule has 19 heavy (non-hydrogen) atoms. The molecule has 0 radical (unpaired) electrons.